The maximum absolute atomic E-state index is 14.1. The topological polar surface area (TPSA) is 103 Å². The summed E-state index contributed by atoms with van der Waals surface area (Å²) in [6.07, 6.45) is 5.35. The minimum atomic E-state index is -4.68. The molecule has 1 N–H and O–H groups in total. The summed E-state index contributed by atoms with van der Waals surface area (Å²) < 4.78 is 61.9. The summed E-state index contributed by atoms with van der Waals surface area (Å²) >= 11 is 5.86. The number of benzene rings is 1. The first-order chi connectivity index (χ1) is 15.6. The van der Waals surface area contributed by atoms with Gasteiger partial charge in [-0.25, -0.2) is 27.2 Å². The van der Waals surface area contributed by atoms with Crippen LogP contribution in [0.1, 0.15) is 11.4 Å². The predicted molar refractivity (Wildman–Crippen MR) is 121 cm³/mol. The van der Waals surface area contributed by atoms with E-state index in [0.29, 0.717) is 17.0 Å². The van der Waals surface area contributed by atoms with Crippen molar-refractivity contribution in [2.75, 3.05) is 11.8 Å². The summed E-state index contributed by atoms with van der Waals surface area (Å²) in [4.78, 5) is 19.3. The van der Waals surface area contributed by atoms with Crippen molar-refractivity contribution < 1.29 is 21.9 Å². The Kier molecular flexibility index (Phi) is 6.94. The lowest BCUT2D eigenvalue weighted by Gasteiger charge is -2.14. The number of rotatable bonds is 7. The standard InChI is InChI=1S/C21H17ClF2N4O4S/c1-4-13(11-28-12(2)25-10-15(22)21(28)29)14-8-18(20(32-3)26-9-14)27-33(30,31)19-16(23)6-5-7-17(19)24/h4-11,27H,1H2,2-3H3/b13-11+. The number of aromatic nitrogens is 3. The van der Waals surface area contributed by atoms with Crippen LogP contribution in [0.25, 0.3) is 11.8 Å². The van der Waals surface area contributed by atoms with Gasteiger partial charge in [0.1, 0.15) is 28.2 Å². The Labute approximate surface area is 192 Å². The SMILES string of the molecule is C=C/C(=C\n1c(C)ncc(Cl)c1=O)c1cnc(OC)c(NS(=O)(=O)c2c(F)cccc2F)c1. The van der Waals surface area contributed by atoms with Gasteiger partial charge in [0.15, 0.2) is 4.90 Å². The van der Waals surface area contributed by atoms with E-state index in [2.05, 4.69) is 21.3 Å². The second-order valence-electron chi connectivity index (χ2n) is 6.55. The maximum atomic E-state index is 14.1. The Morgan fingerprint density at radius 1 is 1.24 bits per heavy atom. The summed E-state index contributed by atoms with van der Waals surface area (Å²) in [6, 6.07) is 4.00. The quantitative estimate of drug-likeness (QED) is 0.500. The van der Waals surface area contributed by atoms with Crippen LogP contribution in [0.4, 0.5) is 14.5 Å². The molecule has 172 valence electrons. The number of methoxy groups -OCH3 is 1. The first-order valence-corrected chi connectivity index (χ1v) is 11.0. The lowest BCUT2D eigenvalue weighted by atomic mass is 10.1. The molecular weight excluding hydrogens is 478 g/mol. The zero-order chi connectivity index (χ0) is 24.3. The number of hydrogen-bond donors (Lipinski definition) is 1. The van der Waals surface area contributed by atoms with Gasteiger partial charge < -0.3 is 4.74 Å². The molecule has 0 aliphatic carbocycles. The third kappa shape index (κ3) is 4.94. The van der Waals surface area contributed by atoms with Gasteiger partial charge in [-0.1, -0.05) is 30.3 Å². The third-order valence-electron chi connectivity index (χ3n) is 4.43. The van der Waals surface area contributed by atoms with Crippen molar-refractivity contribution in [3.8, 4) is 5.88 Å². The maximum Gasteiger partial charge on any atom is 0.276 e. The highest BCUT2D eigenvalue weighted by Crippen LogP contribution is 2.30. The molecule has 0 saturated heterocycles. The first-order valence-electron chi connectivity index (χ1n) is 9.18. The van der Waals surface area contributed by atoms with Gasteiger partial charge in [0.05, 0.1) is 13.3 Å². The monoisotopic (exact) mass is 494 g/mol. The zero-order valence-electron chi connectivity index (χ0n) is 17.3. The summed E-state index contributed by atoms with van der Waals surface area (Å²) in [5.74, 6) is -2.34. The highest BCUT2D eigenvalue weighted by molar-refractivity contribution is 7.92. The molecule has 0 radical (unpaired) electrons. The fraction of sp³-hybridized carbons (Fsp3) is 0.0952. The van der Waals surface area contributed by atoms with Gasteiger partial charge in [0.2, 0.25) is 5.88 Å². The van der Waals surface area contributed by atoms with E-state index in [1.807, 2.05) is 0 Å². The molecular formula is C21H17ClF2N4O4S. The zero-order valence-corrected chi connectivity index (χ0v) is 18.9. The van der Waals surface area contributed by atoms with Crippen LogP contribution >= 0.6 is 11.6 Å². The van der Waals surface area contributed by atoms with Crippen molar-refractivity contribution in [1.29, 1.82) is 0 Å². The van der Waals surface area contributed by atoms with Crippen LogP contribution in [-0.2, 0) is 10.0 Å². The summed E-state index contributed by atoms with van der Waals surface area (Å²) in [7, 11) is -3.44. The van der Waals surface area contributed by atoms with Gasteiger partial charge in [-0.3, -0.25) is 14.1 Å². The Morgan fingerprint density at radius 2 is 1.91 bits per heavy atom. The molecule has 2 aromatic heterocycles. The molecule has 0 fully saturated rings. The third-order valence-corrected chi connectivity index (χ3v) is 6.11. The van der Waals surface area contributed by atoms with E-state index in [4.69, 9.17) is 16.3 Å². The second-order valence-corrected chi connectivity index (χ2v) is 8.58. The molecule has 0 aliphatic heterocycles. The van der Waals surface area contributed by atoms with E-state index in [0.717, 1.165) is 18.2 Å². The van der Waals surface area contributed by atoms with Crippen molar-refractivity contribution in [3.63, 3.8) is 0 Å². The second kappa shape index (κ2) is 9.51. The molecule has 0 spiro atoms. The van der Waals surface area contributed by atoms with Crippen LogP contribution in [0.5, 0.6) is 5.88 Å². The minimum absolute atomic E-state index is 0.103. The molecule has 0 amide bonds. The van der Waals surface area contributed by atoms with Crippen LogP contribution in [0.3, 0.4) is 0 Å². The van der Waals surface area contributed by atoms with Crippen LogP contribution in [-0.4, -0.2) is 30.1 Å². The van der Waals surface area contributed by atoms with Crippen molar-refractivity contribution in [3.05, 3.63) is 87.7 Å². The van der Waals surface area contributed by atoms with E-state index in [-0.39, 0.29) is 16.6 Å². The van der Waals surface area contributed by atoms with Crippen LogP contribution in [0.2, 0.25) is 5.02 Å². The summed E-state index contributed by atoms with van der Waals surface area (Å²) in [5, 5.41) is -0.103. The Balaban J connectivity index is 2.12. The molecule has 0 unspecified atom stereocenters. The molecule has 0 saturated carbocycles. The number of anilines is 1. The molecule has 12 heteroatoms. The van der Waals surface area contributed by atoms with Gasteiger partial charge in [-0.15, -0.1) is 0 Å². The van der Waals surface area contributed by atoms with Crippen LogP contribution in [0.15, 0.2) is 59.0 Å². The average Bonchev–Trinajstić information content (AvgIpc) is 2.76. The van der Waals surface area contributed by atoms with E-state index in [1.54, 1.807) is 6.92 Å². The molecule has 0 bridgehead atoms. The number of hydrogen-bond acceptors (Lipinski definition) is 6. The molecule has 0 atom stereocenters. The molecule has 3 rings (SSSR count). The first kappa shape index (κ1) is 24.1. The van der Waals surface area contributed by atoms with Gasteiger partial charge in [0.25, 0.3) is 15.6 Å². The molecule has 0 aliphatic rings. The van der Waals surface area contributed by atoms with E-state index < -0.39 is 32.1 Å². The number of nitrogens with one attached hydrogen (secondary N) is 1. The van der Waals surface area contributed by atoms with Gasteiger partial charge >= 0.3 is 0 Å². The molecule has 2 heterocycles. The fourth-order valence-corrected chi connectivity index (χ4v) is 4.17. The smallest absolute Gasteiger partial charge is 0.276 e. The van der Waals surface area contributed by atoms with E-state index >= 15 is 0 Å². The molecule has 1 aromatic carbocycles. The number of ether oxygens (including phenoxy) is 1. The van der Waals surface area contributed by atoms with Gasteiger partial charge in [-0.05, 0) is 30.7 Å². The van der Waals surface area contributed by atoms with Crippen LogP contribution in [0, 0.1) is 18.6 Å². The predicted octanol–water partition coefficient (Wildman–Crippen LogP) is 3.87. The van der Waals surface area contributed by atoms with Crippen molar-refractivity contribution >= 4 is 39.1 Å². The molecule has 8 nitrogen and oxygen atoms in total. The highest BCUT2D eigenvalue weighted by Gasteiger charge is 2.25. The van der Waals surface area contributed by atoms with Gasteiger partial charge in [-0.2, -0.15) is 0 Å². The summed E-state index contributed by atoms with van der Waals surface area (Å²) in [6.45, 7) is 5.29. The molecule has 33 heavy (non-hydrogen) atoms. The number of pyridine rings is 1. The lowest BCUT2D eigenvalue weighted by Crippen LogP contribution is -2.19. The molecule has 3 aromatic rings. The van der Waals surface area contributed by atoms with Crippen LogP contribution < -0.4 is 15.0 Å². The lowest BCUT2D eigenvalue weighted by molar-refractivity contribution is 0.400. The van der Waals surface area contributed by atoms with E-state index in [1.165, 1.54) is 42.4 Å². The van der Waals surface area contributed by atoms with Crippen molar-refractivity contribution in [1.82, 2.24) is 14.5 Å². The average molecular weight is 495 g/mol. The number of nitrogens with zero attached hydrogens (tertiary/aromatic N) is 3. The number of allylic oxidation sites excluding steroid dienone is 2. The highest BCUT2D eigenvalue weighted by atomic mass is 35.5. The van der Waals surface area contributed by atoms with Crippen molar-refractivity contribution in [2.45, 2.75) is 11.8 Å². The Morgan fingerprint density at radius 3 is 2.52 bits per heavy atom. The van der Waals surface area contributed by atoms with Gasteiger partial charge in [0, 0.05) is 18.0 Å². The Hall–Kier alpha value is -3.57. The number of halogens is 3. The normalized spacial score (nSPS) is 11.8. The van der Waals surface area contributed by atoms with E-state index in [9.17, 15) is 22.0 Å². The van der Waals surface area contributed by atoms with Crippen molar-refractivity contribution in [2.24, 2.45) is 0 Å². The Bertz CT molecular complexity index is 1420. The minimum Gasteiger partial charge on any atom is -0.480 e. The largest absolute Gasteiger partial charge is 0.480 e. The summed E-state index contributed by atoms with van der Waals surface area (Å²) in [5.41, 5.74) is -0.0691. The number of aryl methyl sites for hydroxylation is 1. The fourth-order valence-electron chi connectivity index (χ4n) is 2.85. The number of sulfonamides is 1.